The van der Waals surface area contributed by atoms with E-state index in [1.807, 2.05) is 6.92 Å². The van der Waals surface area contributed by atoms with E-state index >= 15 is 0 Å². The number of halogens is 3. The number of hydrogen-bond acceptors (Lipinski definition) is 2. The molecule has 0 aliphatic carbocycles. The molecule has 7 heteroatoms. The predicted octanol–water partition coefficient (Wildman–Crippen LogP) is 3.75. The molecular weight excluding hydrogens is 321 g/mol. The lowest BCUT2D eigenvalue weighted by atomic mass is 10.1. The van der Waals surface area contributed by atoms with Gasteiger partial charge in [0.25, 0.3) is 0 Å². The summed E-state index contributed by atoms with van der Waals surface area (Å²) in [4.78, 5) is 24.5. The minimum atomic E-state index is -4.56. The average Bonchev–Trinajstić information content (AvgIpc) is 2.51. The minimum absolute atomic E-state index is 0.0438. The molecule has 24 heavy (non-hydrogen) atoms. The second-order valence-electron chi connectivity index (χ2n) is 5.49. The zero-order chi connectivity index (χ0) is 18.2. The van der Waals surface area contributed by atoms with Crippen LogP contribution in [0.2, 0.25) is 0 Å². The molecule has 0 unspecified atom stereocenters. The molecular formula is C17H23F3N2O2. The molecule has 134 valence electrons. The Morgan fingerprint density at radius 1 is 1.17 bits per heavy atom. The number of unbranched alkanes of at least 4 members (excludes halogenated alkanes) is 2. The molecule has 0 aliphatic heterocycles. The first kappa shape index (κ1) is 20.0. The lowest BCUT2D eigenvalue weighted by Crippen LogP contribution is -2.35. The van der Waals surface area contributed by atoms with E-state index in [4.69, 9.17) is 0 Å². The molecule has 0 atom stereocenters. The van der Waals surface area contributed by atoms with Crippen LogP contribution in [-0.2, 0) is 15.8 Å². The van der Waals surface area contributed by atoms with Crippen LogP contribution in [0.5, 0.6) is 0 Å². The number of anilines is 1. The Morgan fingerprint density at radius 2 is 1.83 bits per heavy atom. The smallest absolute Gasteiger partial charge is 0.356 e. The molecule has 0 saturated carbocycles. The molecule has 2 amide bonds. The Bertz CT molecular complexity index is 559. The molecule has 0 bridgehead atoms. The van der Waals surface area contributed by atoms with Gasteiger partial charge < -0.3 is 10.2 Å². The number of benzene rings is 1. The van der Waals surface area contributed by atoms with Crippen molar-refractivity contribution >= 4 is 17.5 Å². The van der Waals surface area contributed by atoms with Crippen LogP contribution in [0.15, 0.2) is 24.3 Å². The molecule has 1 aromatic rings. The van der Waals surface area contributed by atoms with Gasteiger partial charge in [0, 0.05) is 26.4 Å². The van der Waals surface area contributed by atoms with Gasteiger partial charge in [0.1, 0.15) is 0 Å². The van der Waals surface area contributed by atoms with Crippen LogP contribution in [-0.4, -0.2) is 24.9 Å². The van der Waals surface area contributed by atoms with Crippen molar-refractivity contribution in [3.8, 4) is 0 Å². The van der Waals surface area contributed by atoms with Crippen LogP contribution >= 0.6 is 0 Å². The summed E-state index contributed by atoms with van der Waals surface area (Å²) in [6.07, 6.45) is -1.72. The molecule has 4 nitrogen and oxygen atoms in total. The minimum Gasteiger partial charge on any atom is -0.356 e. The fourth-order valence-corrected chi connectivity index (χ4v) is 2.30. The second-order valence-corrected chi connectivity index (χ2v) is 5.49. The first-order chi connectivity index (χ1) is 11.3. The van der Waals surface area contributed by atoms with Gasteiger partial charge in [-0.2, -0.15) is 13.2 Å². The highest BCUT2D eigenvalue weighted by Gasteiger charge is 2.35. The number of para-hydroxylation sites is 1. The Hall–Kier alpha value is -2.05. The Balaban J connectivity index is 2.76. The Kier molecular flexibility index (Phi) is 7.74. The molecule has 1 N–H and O–H groups in total. The van der Waals surface area contributed by atoms with Crippen LogP contribution in [0.3, 0.4) is 0 Å². The van der Waals surface area contributed by atoms with Gasteiger partial charge in [-0.3, -0.25) is 9.59 Å². The van der Waals surface area contributed by atoms with Crippen LogP contribution < -0.4 is 10.2 Å². The monoisotopic (exact) mass is 344 g/mol. The van der Waals surface area contributed by atoms with Gasteiger partial charge in [-0.25, -0.2) is 0 Å². The van der Waals surface area contributed by atoms with Crippen molar-refractivity contribution in [2.75, 3.05) is 18.0 Å². The van der Waals surface area contributed by atoms with E-state index in [0.717, 1.165) is 30.2 Å². The largest absolute Gasteiger partial charge is 0.418 e. The predicted molar refractivity (Wildman–Crippen MR) is 86.6 cm³/mol. The fraction of sp³-hybridized carbons (Fsp3) is 0.529. The summed E-state index contributed by atoms with van der Waals surface area (Å²) in [7, 11) is 0. The van der Waals surface area contributed by atoms with Gasteiger partial charge in [-0.15, -0.1) is 0 Å². The highest BCUT2D eigenvalue weighted by molar-refractivity contribution is 5.93. The number of hydrogen-bond donors (Lipinski definition) is 1. The van der Waals surface area contributed by atoms with Crippen molar-refractivity contribution in [1.82, 2.24) is 5.32 Å². The van der Waals surface area contributed by atoms with E-state index in [1.54, 1.807) is 0 Å². The normalized spacial score (nSPS) is 11.2. The number of carbonyl (C=O) groups is 2. The van der Waals surface area contributed by atoms with E-state index in [9.17, 15) is 22.8 Å². The van der Waals surface area contributed by atoms with Crippen molar-refractivity contribution in [1.29, 1.82) is 0 Å². The molecule has 0 saturated heterocycles. The van der Waals surface area contributed by atoms with Crippen LogP contribution in [0.25, 0.3) is 0 Å². The van der Waals surface area contributed by atoms with Gasteiger partial charge in [0.05, 0.1) is 11.3 Å². The standard InChI is InChI=1S/C17H23F3N2O2/c1-3-4-7-11-21-16(24)10-12-22(13(2)23)15-9-6-5-8-14(15)17(18,19)20/h5-6,8-9H,3-4,7,10-12H2,1-2H3,(H,21,24). The number of carbonyl (C=O) groups excluding carboxylic acids is 2. The number of nitrogens with zero attached hydrogens (tertiary/aromatic N) is 1. The van der Waals surface area contributed by atoms with Gasteiger partial charge >= 0.3 is 6.18 Å². The molecule has 0 radical (unpaired) electrons. The highest BCUT2D eigenvalue weighted by atomic mass is 19.4. The van der Waals surface area contributed by atoms with Crippen molar-refractivity contribution in [3.05, 3.63) is 29.8 Å². The van der Waals surface area contributed by atoms with Crippen LogP contribution in [0.1, 0.15) is 45.1 Å². The molecule has 0 fully saturated rings. The first-order valence-electron chi connectivity index (χ1n) is 7.98. The van der Waals surface area contributed by atoms with E-state index in [1.165, 1.54) is 25.1 Å². The van der Waals surface area contributed by atoms with Gasteiger partial charge in [0.15, 0.2) is 0 Å². The molecule has 0 aliphatic rings. The number of nitrogens with one attached hydrogen (secondary N) is 1. The van der Waals surface area contributed by atoms with E-state index in [0.29, 0.717) is 6.54 Å². The summed E-state index contributed by atoms with van der Waals surface area (Å²) in [6.45, 7) is 3.67. The number of rotatable bonds is 8. The lowest BCUT2D eigenvalue weighted by Gasteiger charge is -2.24. The maximum atomic E-state index is 13.1. The molecule has 0 spiro atoms. The quantitative estimate of drug-likeness (QED) is 0.730. The van der Waals surface area contributed by atoms with Gasteiger partial charge in [-0.05, 0) is 18.6 Å². The van der Waals surface area contributed by atoms with Crippen LogP contribution in [0, 0.1) is 0 Å². The third-order valence-corrected chi connectivity index (χ3v) is 3.55. The van der Waals surface area contributed by atoms with E-state index < -0.39 is 17.6 Å². The average molecular weight is 344 g/mol. The van der Waals surface area contributed by atoms with Crippen molar-refractivity contribution in [2.24, 2.45) is 0 Å². The van der Waals surface area contributed by atoms with E-state index in [-0.39, 0.29) is 24.6 Å². The van der Waals surface area contributed by atoms with Crippen LogP contribution in [0.4, 0.5) is 18.9 Å². The van der Waals surface area contributed by atoms with E-state index in [2.05, 4.69) is 5.32 Å². The third-order valence-electron chi connectivity index (χ3n) is 3.55. The summed E-state index contributed by atoms with van der Waals surface area (Å²) in [6, 6.07) is 4.87. The third kappa shape index (κ3) is 6.22. The molecule has 0 aromatic heterocycles. The fourth-order valence-electron chi connectivity index (χ4n) is 2.30. The zero-order valence-corrected chi connectivity index (χ0v) is 13.9. The highest BCUT2D eigenvalue weighted by Crippen LogP contribution is 2.36. The summed E-state index contributed by atoms with van der Waals surface area (Å²) in [5.41, 5.74) is -1.11. The maximum absolute atomic E-state index is 13.1. The maximum Gasteiger partial charge on any atom is 0.418 e. The Labute approximate surface area is 140 Å². The summed E-state index contributed by atoms with van der Waals surface area (Å²) in [5.74, 6) is -0.813. The van der Waals surface area contributed by atoms with Crippen molar-refractivity contribution in [3.63, 3.8) is 0 Å². The summed E-state index contributed by atoms with van der Waals surface area (Å²) >= 11 is 0. The van der Waals surface area contributed by atoms with Gasteiger partial charge in [-0.1, -0.05) is 31.9 Å². The first-order valence-corrected chi connectivity index (χ1v) is 7.98. The SMILES string of the molecule is CCCCCNC(=O)CCN(C(C)=O)c1ccccc1C(F)(F)F. The molecule has 0 heterocycles. The Morgan fingerprint density at radius 3 is 2.42 bits per heavy atom. The molecule has 1 rings (SSSR count). The van der Waals surface area contributed by atoms with Crippen molar-refractivity contribution in [2.45, 2.75) is 45.7 Å². The topological polar surface area (TPSA) is 49.4 Å². The lowest BCUT2D eigenvalue weighted by molar-refractivity contribution is -0.137. The zero-order valence-electron chi connectivity index (χ0n) is 13.9. The molecule has 1 aromatic carbocycles. The summed E-state index contributed by atoms with van der Waals surface area (Å²) in [5, 5.41) is 2.71. The summed E-state index contributed by atoms with van der Waals surface area (Å²) < 4.78 is 39.3. The van der Waals surface area contributed by atoms with Crippen molar-refractivity contribution < 1.29 is 22.8 Å². The number of alkyl halides is 3. The van der Waals surface area contributed by atoms with Gasteiger partial charge in [0.2, 0.25) is 11.8 Å². The second kappa shape index (κ2) is 9.30. The number of amides is 2.